The number of unbranched alkanes of at least 4 members (excludes halogenated alkanes) is 2. The maximum absolute atomic E-state index is 13.8. The molecule has 2 aliphatic heterocycles. The highest BCUT2D eigenvalue weighted by Crippen LogP contribution is 2.46. The van der Waals surface area contributed by atoms with Gasteiger partial charge in [0.2, 0.25) is 0 Å². The van der Waals surface area contributed by atoms with Gasteiger partial charge in [-0.05, 0) is 79.9 Å². The quantitative estimate of drug-likeness (QED) is 0.0822. The van der Waals surface area contributed by atoms with E-state index in [2.05, 4.69) is 11.9 Å². The van der Waals surface area contributed by atoms with Crippen molar-refractivity contribution in [3.05, 3.63) is 81.9 Å². The molecule has 10 heteroatoms. The van der Waals surface area contributed by atoms with Gasteiger partial charge in [0.1, 0.15) is 17.6 Å². The summed E-state index contributed by atoms with van der Waals surface area (Å²) in [6.45, 7) is 6.92. The van der Waals surface area contributed by atoms with E-state index in [1.54, 1.807) is 48.5 Å². The number of nitrogens with zero attached hydrogens (tertiary/aromatic N) is 2. The maximum Gasteiger partial charge on any atom is 0.301 e. The molecule has 2 aliphatic rings. The van der Waals surface area contributed by atoms with Gasteiger partial charge in [0.15, 0.2) is 16.6 Å². The average Bonchev–Trinajstić information content (AvgIpc) is 3.67. The first-order chi connectivity index (χ1) is 21.3. The van der Waals surface area contributed by atoms with Crippen LogP contribution in [0.4, 0.5) is 5.13 Å². The Morgan fingerprint density at radius 1 is 1.07 bits per heavy atom. The number of halogens is 1. The second-order valence-electron chi connectivity index (χ2n) is 10.9. The molecule has 0 bridgehead atoms. The van der Waals surface area contributed by atoms with Crippen LogP contribution in [-0.2, 0) is 16.0 Å². The van der Waals surface area contributed by atoms with E-state index in [9.17, 15) is 14.7 Å². The number of ether oxygens (including phenoxy) is 3. The highest BCUT2D eigenvalue weighted by Gasteiger charge is 2.48. The number of fused-ring (bicyclic) bond motifs is 2. The zero-order chi connectivity index (χ0) is 31.0. The number of thiazole rings is 1. The lowest BCUT2D eigenvalue weighted by Gasteiger charge is -2.24. The van der Waals surface area contributed by atoms with Gasteiger partial charge in [0.05, 0.1) is 35.0 Å². The third-order valence-electron chi connectivity index (χ3n) is 7.75. The van der Waals surface area contributed by atoms with Crippen molar-refractivity contribution in [3.8, 4) is 17.2 Å². The van der Waals surface area contributed by atoms with Gasteiger partial charge < -0.3 is 19.3 Å². The Bertz CT molecular complexity index is 1780. The fourth-order valence-electron chi connectivity index (χ4n) is 5.68. The van der Waals surface area contributed by atoms with Crippen LogP contribution >= 0.6 is 22.9 Å². The number of carbonyl (C=O) groups excluding carboxylic acids is 2. The first kappa shape index (κ1) is 30.0. The number of aliphatic hydroxyl groups excluding tert-OH is 1. The van der Waals surface area contributed by atoms with Crippen LogP contribution in [0.3, 0.4) is 0 Å². The Balaban J connectivity index is 1.49. The molecule has 3 heterocycles. The molecule has 1 aromatic heterocycles. The van der Waals surface area contributed by atoms with E-state index < -0.39 is 17.7 Å². The van der Waals surface area contributed by atoms with Crippen molar-refractivity contribution in [1.29, 1.82) is 0 Å². The molecule has 6 rings (SSSR count). The van der Waals surface area contributed by atoms with Crippen LogP contribution in [0.1, 0.15) is 62.8 Å². The van der Waals surface area contributed by atoms with Gasteiger partial charge >= 0.3 is 5.91 Å². The number of Topliss-reactive ketones (excluding diaryl/α,β-unsaturated/α-hetero) is 1. The van der Waals surface area contributed by atoms with Crippen molar-refractivity contribution in [2.75, 3.05) is 18.1 Å². The molecule has 4 aromatic rings. The zero-order valence-corrected chi connectivity index (χ0v) is 26.3. The lowest BCUT2D eigenvalue weighted by atomic mass is 9.94. The van der Waals surface area contributed by atoms with E-state index in [1.807, 2.05) is 19.9 Å². The SMILES string of the molecule is CCCCCOc1ccc([C@H]2C(=C(O)c3ccc4c(c3)C[C@@H](C)O4)C(=O)C(=O)N2c2nc3ccc(Cl)cc3s2)cc1OCC. The summed E-state index contributed by atoms with van der Waals surface area (Å²) in [7, 11) is 0. The Labute approximate surface area is 264 Å². The van der Waals surface area contributed by atoms with Crippen molar-refractivity contribution in [3.63, 3.8) is 0 Å². The summed E-state index contributed by atoms with van der Waals surface area (Å²) in [6, 6.07) is 15.0. The minimum atomic E-state index is -0.970. The molecule has 0 aliphatic carbocycles. The molecule has 1 fully saturated rings. The first-order valence-corrected chi connectivity index (χ1v) is 16.0. The van der Waals surface area contributed by atoms with Crippen molar-refractivity contribution < 1.29 is 28.9 Å². The van der Waals surface area contributed by atoms with Crippen molar-refractivity contribution >= 4 is 55.7 Å². The molecule has 1 amide bonds. The average molecular weight is 633 g/mol. The number of amides is 1. The van der Waals surface area contributed by atoms with E-state index in [1.165, 1.54) is 16.2 Å². The van der Waals surface area contributed by atoms with Crippen LogP contribution in [0.2, 0.25) is 5.02 Å². The maximum atomic E-state index is 13.8. The van der Waals surface area contributed by atoms with Gasteiger partial charge in [0, 0.05) is 17.0 Å². The van der Waals surface area contributed by atoms with Crippen LogP contribution in [0, 0.1) is 0 Å². The number of carbonyl (C=O) groups is 2. The molecular formula is C34H33ClN2O6S. The number of hydrogen-bond acceptors (Lipinski definition) is 8. The van der Waals surface area contributed by atoms with E-state index in [4.69, 9.17) is 25.8 Å². The summed E-state index contributed by atoms with van der Waals surface area (Å²) >= 11 is 7.48. The van der Waals surface area contributed by atoms with Crippen molar-refractivity contribution in [1.82, 2.24) is 4.98 Å². The number of hydrogen-bond donors (Lipinski definition) is 1. The number of aromatic nitrogens is 1. The van der Waals surface area contributed by atoms with Crippen molar-refractivity contribution in [2.45, 2.75) is 58.6 Å². The number of rotatable bonds is 10. The number of ketones is 1. The largest absolute Gasteiger partial charge is 0.507 e. The van der Waals surface area contributed by atoms with Gasteiger partial charge in [-0.1, -0.05) is 48.8 Å². The molecule has 0 radical (unpaired) electrons. The molecule has 0 spiro atoms. The molecule has 2 atom stereocenters. The standard InChI is InChI=1S/C34H33ClN2O6S/c1-4-6-7-14-42-26-13-8-20(17-27(26)41-5-2)30-29(31(38)21-9-12-25-22(16-21)15-19(3)43-25)32(39)33(40)37(30)34-36-24-11-10-23(35)18-28(24)44-34/h8-13,16-19,30,38H,4-7,14-15H2,1-3H3/t19-,30+/m1/s1. The van der Waals surface area contributed by atoms with Gasteiger partial charge in [-0.3, -0.25) is 14.5 Å². The summed E-state index contributed by atoms with van der Waals surface area (Å²) in [5, 5.41) is 12.6. The normalized spacial score (nSPS) is 19.0. The van der Waals surface area contributed by atoms with Gasteiger partial charge in [0.25, 0.3) is 5.78 Å². The fraction of sp³-hybridized carbons (Fsp3) is 0.324. The van der Waals surface area contributed by atoms with Crippen LogP contribution in [0.15, 0.2) is 60.2 Å². The lowest BCUT2D eigenvalue weighted by molar-refractivity contribution is -0.132. The second-order valence-corrected chi connectivity index (χ2v) is 12.4. The number of anilines is 1. The molecule has 0 saturated carbocycles. The Morgan fingerprint density at radius 3 is 2.70 bits per heavy atom. The Kier molecular flexibility index (Phi) is 8.51. The molecule has 44 heavy (non-hydrogen) atoms. The summed E-state index contributed by atoms with van der Waals surface area (Å²) < 4.78 is 18.6. The molecule has 228 valence electrons. The van der Waals surface area contributed by atoms with Gasteiger partial charge in [-0.2, -0.15) is 0 Å². The molecule has 1 saturated heterocycles. The van der Waals surface area contributed by atoms with Gasteiger partial charge in [-0.15, -0.1) is 0 Å². The summed E-state index contributed by atoms with van der Waals surface area (Å²) in [4.78, 5) is 33.6. The van der Waals surface area contributed by atoms with E-state index in [-0.39, 0.29) is 17.4 Å². The van der Waals surface area contributed by atoms with E-state index >= 15 is 0 Å². The van der Waals surface area contributed by atoms with Crippen LogP contribution in [-0.4, -0.2) is 41.1 Å². The van der Waals surface area contributed by atoms with Crippen LogP contribution in [0.25, 0.3) is 16.0 Å². The highest BCUT2D eigenvalue weighted by molar-refractivity contribution is 7.22. The third kappa shape index (κ3) is 5.62. The topological polar surface area (TPSA) is 98.2 Å². The zero-order valence-electron chi connectivity index (χ0n) is 24.8. The van der Waals surface area contributed by atoms with Crippen LogP contribution in [0.5, 0.6) is 17.2 Å². The molecule has 0 unspecified atom stereocenters. The molecule has 3 aromatic carbocycles. The molecule has 1 N–H and O–H groups in total. The minimum absolute atomic E-state index is 0.0141. The lowest BCUT2D eigenvalue weighted by Crippen LogP contribution is -2.29. The number of aliphatic hydroxyl groups is 1. The fourth-order valence-corrected chi connectivity index (χ4v) is 6.94. The Morgan fingerprint density at radius 2 is 1.91 bits per heavy atom. The first-order valence-electron chi connectivity index (χ1n) is 14.9. The second kappa shape index (κ2) is 12.5. The number of benzene rings is 3. The monoisotopic (exact) mass is 632 g/mol. The van der Waals surface area contributed by atoms with Crippen LogP contribution < -0.4 is 19.1 Å². The summed E-state index contributed by atoms with van der Waals surface area (Å²) in [5.74, 6) is -0.0291. The molecular weight excluding hydrogens is 600 g/mol. The smallest absolute Gasteiger partial charge is 0.301 e. The highest BCUT2D eigenvalue weighted by atomic mass is 35.5. The third-order valence-corrected chi connectivity index (χ3v) is 9.00. The molecule has 8 nitrogen and oxygen atoms in total. The van der Waals surface area contributed by atoms with E-state index in [0.29, 0.717) is 57.9 Å². The minimum Gasteiger partial charge on any atom is -0.507 e. The summed E-state index contributed by atoms with van der Waals surface area (Å²) in [6.07, 6.45) is 3.74. The van der Waals surface area contributed by atoms with Gasteiger partial charge in [-0.25, -0.2) is 4.98 Å². The Hall–Kier alpha value is -4.08. The summed E-state index contributed by atoms with van der Waals surface area (Å²) in [5.41, 5.74) is 2.55. The van der Waals surface area contributed by atoms with E-state index in [0.717, 1.165) is 35.3 Å². The predicted molar refractivity (Wildman–Crippen MR) is 172 cm³/mol. The predicted octanol–water partition coefficient (Wildman–Crippen LogP) is 7.87. The van der Waals surface area contributed by atoms with Crippen molar-refractivity contribution in [2.24, 2.45) is 0 Å².